The van der Waals surface area contributed by atoms with Gasteiger partial charge in [0.1, 0.15) is 22.4 Å². The second-order valence-corrected chi connectivity index (χ2v) is 20.9. The molecule has 0 aliphatic rings. The number of alkyl carbamates (subject to hydrolysis) is 4. The van der Waals surface area contributed by atoms with Crippen molar-refractivity contribution in [3.8, 4) is 0 Å². The molecule has 22 nitrogen and oxygen atoms in total. The summed E-state index contributed by atoms with van der Waals surface area (Å²) >= 11 is 0. The first-order valence-corrected chi connectivity index (χ1v) is 26.2. The molecule has 6 amide bonds. The lowest BCUT2D eigenvalue weighted by atomic mass is 10.2. The molecule has 12 N–H and O–H groups in total. The van der Waals surface area contributed by atoms with Gasteiger partial charge in [0, 0.05) is 25.2 Å². The fourth-order valence-corrected chi connectivity index (χ4v) is 5.56. The van der Waals surface area contributed by atoms with Gasteiger partial charge in [0.2, 0.25) is 11.9 Å². The number of aliphatic imine (C=N–C) groups is 3. The lowest BCUT2D eigenvalue weighted by Gasteiger charge is -2.22. The summed E-state index contributed by atoms with van der Waals surface area (Å²) in [4.78, 5) is 81.9. The lowest BCUT2D eigenvalue weighted by Crippen LogP contribution is -2.47. The quantitative estimate of drug-likeness (QED) is 0.0398. The molecule has 0 saturated heterocycles. The third-order valence-corrected chi connectivity index (χ3v) is 8.82. The molecule has 0 fully saturated rings. The molecule has 0 atom stereocenters. The van der Waals surface area contributed by atoms with Gasteiger partial charge in [0.25, 0.3) is 11.8 Å². The summed E-state index contributed by atoms with van der Waals surface area (Å²) in [7, 11) is 4.74. The Balaban J connectivity index is 0.00000107. The summed E-state index contributed by atoms with van der Waals surface area (Å²) in [6, 6.07) is 46.9. The van der Waals surface area contributed by atoms with Gasteiger partial charge in [-0.2, -0.15) is 0 Å². The Morgan fingerprint density at radius 3 is 0.759 bits per heavy atom. The number of amides is 6. The maximum atomic E-state index is 11.9. The normalized spacial score (nSPS) is 10.2. The van der Waals surface area contributed by atoms with E-state index in [1.165, 1.54) is 7.05 Å². The molecule has 5 aromatic carbocycles. The largest absolute Gasteiger partial charge is 0.444 e. The standard InChI is InChI=1S/2C18H27N3O4.C8H11N3.2C8H9NO.CH5N/c2*1-17(2,3)24-15(22)20-14(21-16(23)25-18(4,5)6)19-12-13-10-8-7-9-11-13;9-8(10)11-6-7-4-2-1-3-5-7;2*1-9-8(10)7-5-3-2-4-6-7;1-2/h2*7-11H,12H2,1-6H3,(H2,19,20,21,22,23);1-5H,6H2,(H4,9,10,11);2*2-6H,1H3,(H,9,10);2H2,1H3. The van der Waals surface area contributed by atoms with E-state index in [9.17, 15) is 28.8 Å². The molecule has 83 heavy (non-hydrogen) atoms. The first-order valence-electron chi connectivity index (χ1n) is 26.2. The van der Waals surface area contributed by atoms with Crippen LogP contribution in [0.3, 0.4) is 0 Å². The van der Waals surface area contributed by atoms with E-state index in [0.717, 1.165) is 16.7 Å². The maximum absolute atomic E-state index is 11.9. The Kier molecular flexibility index (Phi) is 34.8. The van der Waals surface area contributed by atoms with Gasteiger partial charge in [-0.3, -0.25) is 30.9 Å². The van der Waals surface area contributed by atoms with Crippen LogP contribution in [0.15, 0.2) is 167 Å². The van der Waals surface area contributed by atoms with Gasteiger partial charge < -0.3 is 46.8 Å². The molecular weight excluding hydrogens is 1060 g/mol. The minimum absolute atomic E-state index is 0.0349. The van der Waals surface area contributed by atoms with Gasteiger partial charge in [-0.15, -0.1) is 0 Å². The Morgan fingerprint density at radius 2 is 0.566 bits per heavy atom. The second kappa shape index (κ2) is 39.1. The molecule has 0 aliphatic heterocycles. The van der Waals surface area contributed by atoms with Gasteiger partial charge in [0.05, 0.1) is 19.6 Å². The third-order valence-electron chi connectivity index (χ3n) is 8.82. The Morgan fingerprint density at radius 1 is 0.361 bits per heavy atom. The first kappa shape index (κ1) is 73.7. The fourth-order valence-electron chi connectivity index (χ4n) is 5.56. The van der Waals surface area contributed by atoms with Crippen molar-refractivity contribution in [3.63, 3.8) is 0 Å². The van der Waals surface area contributed by atoms with Crippen LogP contribution >= 0.6 is 0 Å². The molecule has 452 valence electrons. The van der Waals surface area contributed by atoms with Crippen molar-refractivity contribution in [1.29, 1.82) is 0 Å². The van der Waals surface area contributed by atoms with E-state index < -0.39 is 46.8 Å². The third kappa shape index (κ3) is 41.4. The summed E-state index contributed by atoms with van der Waals surface area (Å²) in [6.07, 6.45) is -2.85. The molecule has 0 aliphatic carbocycles. The summed E-state index contributed by atoms with van der Waals surface area (Å²) in [5.74, 6) is -0.0187. The SMILES string of the molecule is CC(C)(C)OC(=O)NC(=NCc1ccccc1)NC(=O)OC(C)(C)C.CC(C)(C)OC(=O)NC(=NCc1ccccc1)NC(=O)OC(C)(C)C.CN.CNC(=O)c1ccccc1.CNC(=O)c1ccccc1.NC(N)=NCc1ccccc1. The predicted octanol–water partition coefficient (Wildman–Crippen LogP) is 9.31. The molecule has 0 radical (unpaired) electrons. The molecule has 0 saturated carbocycles. The van der Waals surface area contributed by atoms with Crippen LogP contribution in [-0.2, 0) is 38.6 Å². The van der Waals surface area contributed by atoms with Crippen LogP contribution in [0.5, 0.6) is 0 Å². The van der Waals surface area contributed by atoms with E-state index in [1.54, 1.807) is 121 Å². The number of hydrogen-bond acceptors (Lipinski definition) is 14. The van der Waals surface area contributed by atoms with Crippen molar-refractivity contribution in [2.45, 2.75) is 125 Å². The summed E-state index contributed by atoms with van der Waals surface area (Å²) in [6.45, 7) is 22.1. The number of ether oxygens (including phenoxy) is 4. The van der Waals surface area contributed by atoms with Crippen molar-refractivity contribution >= 4 is 54.1 Å². The highest BCUT2D eigenvalue weighted by atomic mass is 16.6. The van der Waals surface area contributed by atoms with Crippen molar-refractivity contribution in [2.24, 2.45) is 32.2 Å². The number of hydrogen-bond donors (Lipinski definition) is 9. The smallest absolute Gasteiger partial charge is 0.414 e. The van der Waals surface area contributed by atoms with Crippen molar-refractivity contribution in [1.82, 2.24) is 31.9 Å². The van der Waals surface area contributed by atoms with E-state index in [2.05, 4.69) is 52.6 Å². The highest BCUT2D eigenvalue weighted by Gasteiger charge is 2.23. The van der Waals surface area contributed by atoms with Crippen LogP contribution in [0, 0.1) is 0 Å². The summed E-state index contributed by atoms with van der Waals surface area (Å²) < 4.78 is 20.7. The minimum atomic E-state index is -0.713. The van der Waals surface area contributed by atoms with Crippen LogP contribution in [-0.4, -0.2) is 97.6 Å². The molecule has 0 unspecified atom stereocenters. The minimum Gasteiger partial charge on any atom is -0.444 e. The molecule has 0 bridgehead atoms. The van der Waals surface area contributed by atoms with E-state index in [4.69, 9.17) is 30.4 Å². The summed E-state index contributed by atoms with van der Waals surface area (Å²) in [5.41, 5.74) is 16.5. The van der Waals surface area contributed by atoms with Gasteiger partial charge in [-0.1, -0.05) is 127 Å². The van der Waals surface area contributed by atoms with E-state index in [0.29, 0.717) is 17.7 Å². The Labute approximate surface area is 489 Å². The van der Waals surface area contributed by atoms with E-state index in [1.807, 2.05) is 127 Å². The number of nitrogens with one attached hydrogen (secondary N) is 6. The number of rotatable bonds is 8. The molecule has 0 spiro atoms. The number of nitrogens with two attached hydrogens (primary N) is 3. The van der Waals surface area contributed by atoms with Gasteiger partial charge in [-0.05, 0) is 131 Å². The van der Waals surface area contributed by atoms with Crippen molar-refractivity contribution in [2.75, 3.05) is 21.1 Å². The zero-order valence-corrected chi connectivity index (χ0v) is 50.7. The van der Waals surface area contributed by atoms with Gasteiger partial charge >= 0.3 is 24.4 Å². The van der Waals surface area contributed by atoms with Crippen molar-refractivity contribution < 1.29 is 47.7 Å². The maximum Gasteiger partial charge on any atom is 0.414 e. The fraction of sp³-hybridized carbons (Fsp3) is 0.361. The molecule has 5 aromatic rings. The number of carbonyl (C=O) groups is 6. The second-order valence-electron chi connectivity index (χ2n) is 20.9. The first-order chi connectivity index (χ1) is 38.9. The monoisotopic (exact) mass is 1150 g/mol. The van der Waals surface area contributed by atoms with Crippen molar-refractivity contribution in [3.05, 3.63) is 179 Å². The molecule has 0 heterocycles. The number of guanidine groups is 3. The van der Waals surface area contributed by atoms with Crippen LogP contribution in [0.1, 0.15) is 120 Å². The average Bonchev–Trinajstić information content (AvgIpc) is 3.42. The molecular formula is C61H88N12O10. The van der Waals surface area contributed by atoms with E-state index in [-0.39, 0.29) is 42.8 Å². The number of benzene rings is 5. The highest BCUT2D eigenvalue weighted by molar-refractivity contribution is 6.02. The van der Waals surface area contributed by atoms with Gasteiger partial charge in [0.15, 0.2) is 5.96 Å². The van der Waals surface area contributed by atoms with E-state index >= 15 is 0 Å². The topological polar surface area (TPSA) is 327 Å². The highest BCUT2D eigenvalue weighted by Crippen LogP contribution is 2.11. The number of carbonyl (C=O) groups excluding carboxylic acids is 6. The van der Waals surface area contributed by atoms with Crippen LogP contribution in [0.25, 0.3) is 0 Å². The average molecular weight is 1150 g/mol. The molecule has 0 aromatic heterocycles. The zero-order valence-electron chi connectivity index (χ0n) is 50.7. The lowest BCUT2D eigenvalue weighted by molar-refractivity contribution is 0.0521. The molecule has 5 rings (SSSR count). The Hall–Kier alpha value is -9.31. The molecule has 22 heteroatoms. The zero-order chi connectivity index (χ0) is 63.1. The summed E-state index contributed by atoms with van der Waals surface area (Å²) in [5, 5.41) is 14.8. The van der Waals surface area contributed by atoms with Gasteiger partial charge in [-0.25, -0.2) is 34.2 Å². The van der Waals surface area contributed by atoms with Crippen LogP contribution < -0.4 is 49.1 Å². The van der Waals surface area contributed by atoms with Crippen LogP contribution in [0.2, 0.25) is 0 Å². The van der Waals surface area contributed by atoms with Crippen LogP contribution in [0.4, 0.5) is 19.2 Å². The Bertz CT molecular complexity index is 2530. The number of nitrogens with zero attached hydrogens (tertiary/aromatic N) is 3. The predicted molar refractivity (Wildman–Crippen MR) is 328 cm³/mol.